The number of nitrogens with two attached hydrogens (primary N) is 2. The summed E-state index contributed by atoms with van der Waals surface area (Å²) in [6.45, 7) is -14.4. The smallest absolute Gasteiger partial charge is 0.477 e. The Bertz CT molecular complexity index is 3610. The maximum atomic E-state index is 14.1. The molecular weight excluding hydrogens is 1870 g/mol. The Balaban J connectivity index is 1.04. The summed E-state index contributed by atoms with van der Waals surface area (Å²) in [6.07, 6.45) is -126. The van der Waals surface area contributed by atoms with Gasteiger partial charge in [0.25, 0.3) is 5.79 Å². The van der Waals surface area contributed by atoms with E-state index in [0.29, 0.717) is 0 Å². The Hall–Kier alpha value is -2.43. The van der Waals surface area contributed by atoms with Gasteiger partial charge in [-0.3, -0.25) is 9.05 Å². The molecule has 0 radical (unpaired) electrons. The van der Waals surface area contributed by atoms with E-state index in [1.807, 2.05) is 0 Å². The summed E-state index contributed by atoms with van der Waals surface area (Å²) in [5.41, 5.74) is 11.3. The lowest BCUT2D eigenvalue weighted by molar-refractivity contribution is -0.419. The van der Waals surface area contributed by atoms with Crippen LogP contribution in [0.4, 0.5) is 0 Å². The number of phosphoric acid groups is 2. The van der Waals surface area contributed by atoms with Crippen LogP contribution in [-0.2, 0) is 117 Å². The molecule has 63 nitrogen and oxygen atoms in total. The van der Waals surface area contributed by atoms with Gasteiger partial charge in [0.15, 0.2) is 56.6 Å². The van der Waals surface area contributed by atoms with Crippen molar-refractivity contribution in [2.75, 3.05) is 79.2 Å². The molecule has 40 N–H and O–H groups in total. The summed E-state index contributed by atoms with van der Waals surface area (Å²) in [6, 6.07) is -1.59. The van der Waals surface area contributed by atoms with Gasteiger partial charge in [0.1, 0.15) is 250 Å². The number of aliphatic hydroxyl groups is 33. The lowest BCUT2D eigenvalue weighted by Gasteiger charge is -2.52. The van der Waals surface area contributed by atoms with Gasteiger partial charge in [0.2, 0.25) is 0 Å². The fraction of sp³-hybridized carbons (Fsp3) is 0.985. The molecule has 10 fully saturated rings. The monoisotopic (exact) mass is 1990 g/mol. The standard InChI is InChI=1S/C67H118N2O61P2/c68-1-2-111-131(105,106)130-132(107,108)129-55-48(15(79)4-70)121-63(120-47-14(78)3-67(104,66(102)103)128-49(47)16(80)5-71)44(101)53(55)125-62-43(100)51(41(98)46(119-62)18(82)13-110-58-38(95)35(92)37(94)45(118-58)17(81)12-109-57-25(69)32(89)26(83)19(6-72)112-57)122-61-42(99)50(30(87)23(10-76)115-61)123-65-56(52(31(88)24(11-77)117-65)124-59-39(96)33(90)27(84)20(7-73)113-59)127-64-54(36(93)29(86)22(9-75)116-64)126-60-40(97)34(91)28(85)21(8-74)114-60/h14-65,70-101,104H,1-13,68-69H2,(H,102,103)(H,105,106)(H,107,108)/t14-,15+,16-,17+,18+,19-,20-,21-,22-,23-,24-,25-,26-,27-,28+,29+,30-,31-,32-,33+,34+,35+,36+,37+,38+,39-,40-,41-,42-,43+,44+,45-,46-,47-,48-,49-,50+,51+,52+,53-,54-,55-,56-,57+,58+,59+,60-,61+,62-,63+,64-,65-,67-/m1/s1. The minimum Gasteiger partial charge on any atom is -0.477 e. The van der Waals surface area contributed by atoms with E-state index in [9.17, 15) is 197 Å². The summed E-state index contributed by atoms with van der Waals surface area (Å²) in [4.78, 5) is 34.1. The molecule has 772 valence electrons. The van der Waals surface area contributed by atoms with Crippen LogP contribution >= 0.6 is 15.6 Å². The maximum absolute atomic E-state index is 14.1. The lowest BCUT2D eigenvalue weighted by atomic mass is 9.91. The van der Waals surface area contributed by atoms with Crippen molar-refractivity contribution in [1.29, 1.82) is 0 Å². The molecule has 10 aliphatic rings. The average molecular weight is 1990 g/mol. The second kappa shape index (κ2) is 47.6. The van der Waals surface area contributed by atoms with Gasteiger partial charge < -0.3 is 285 Å². The van der Waals surface area contributed by atoms with Crippen LogP contribution in [0.15, 0.2) is 0 Å². The van der Waals surface area contributed by atoms with E-state index in [1.54, 1.807) is 0 Å². The van der Waals surface area contributed by atoms with Crippen molar-refractivity contribution >= 4 is 21.6 Å². The predicted molar refractivity (Wildman–Crippen MR) is 395 cm³/mol. The average Bonchev–Trinajstić information content (AvgIpc) is 0.753. The first kappa shape index (κ1) is 112. The molecule has 0 aromatic rings. The zero-order valence-corrected chi connectivity index (χ0v) is 70.4. The Kier molecular flexibility index (Phi) is 40.3. The van der Waals surface area contributed by atoms with Crippen LogP contribution in [0, 0.1) is 0 Å². The fourth-order valence-electron chi connectivity index (χ4n) is 16.0. The number of hydrogen-bond acceptors (Lipinski definition) is 60. The highest BCUT2D eigenvalue weighted by Gasteiger charge is 2.64. The second-order valence-corrected chi connectivity index (χ2v) is 35.3. The molecule has 0 aromatic carbocycles. The summed E-state index contributed by atoms with van der Waals surface area (Å²) < 4.78 is 151. The molecule has 0 aliphatic carbocycles. The number of aliphatic hydroxyl groups excluding tert-OH is 32. The molecule has 0 amide bonds. The normalized spacial score (nSPS) is 49.0. The lowest BCUT2D eigenvalue weighted by Crippen LogP contribution is -2.70. The maximum Gasteiger partial charge on any atom is 0.481 e. The summed E-state index contributed by atoms with van der Waals surface area (Å²) in [5.74, 6) is -5.67. The van der Waals surface area contributed by atoms with E-state index in [1.165, 1.54) is 0 Å². The first-order valence-electron chi connectivity index (χ1n) is 40.8. The van der Waals surface area contributed by atoms with Gasteiger partial charge >= 0.3 is 21.6 Å². The molecular formula is C67H118N2O61P2. The number of ether oxygens (including phenoxy) is 19. The highest BCUT2D eigenvalue weighted by Crippen LogP contribution is 2.62. The van der Waals surface area contributed by atoms with E-state index in [2.05, 4.69) is 8.83 Å². The van der Waals surface area contributed by atoms with Crippen molar-refractivity contribution in [2.45, 2.75) is 331 Å². The van der Waals surface area contributed by atoms with Crippen LogP contribution < -0.4 is 11.5 Å². The molecule has 10 rings (SSSR count). The number of carboxylic acids is 1. The molecule has 0 saturated carbocycles. The fourth-order valence-corrected chi connectivity index (χ4v) is 18.2. The molecule has 55 atom stereocenters. The number of phosphoric ester groups is 2. The van der Waals surface area contributed by atoms with Crippen LogP contribution in [0.5, 0.6) is 0 Å². The third-order valence-corrected chi connectivity index (χ3v) is 26.0. The van der Waals surface area contributed by atoms with Gasteiger partial charge in [-0.2, -0.15) is 4.31 Å². The largest absolute Gasteiger partial charge is 0.481 e. The molecule has 65 heteroatoms. The first-order chi connectivity index (χ1) is 62.1. The van der Waals surface area contributed by atoms with Crippen molar-refractivity contribution in [3.05, 3.63) is 0 Å². The third kappa shape index (κ3) is 24.7. The van der Waals surface area contributed by atoms with Gasteiger partial charge in [0, 0.05) is 13.0 Å². The van der Waals surface area contributed by atoms with Crippen molar-refractivity contribution < 1.29 is 301 Å². The molecule has 0 spiro atoms. The number of rotatable bonds is 40. The molecule has 2 unspecified atom stereocenters. The summed E-state index contributed by atoms with van der Waals surface area (Å²) >= 11 is 0. The van der Waals surface area contributed by atoms with Crippen LogP contribution in [0.2, 0.25) is 0 Å². The van der Waals surface area contributed by atoms with Gasteiger partial charge in [-0.15, -0.1) is 0 Å². The Labute approximate surface area is 742 Å². The molecule has 132 heavy (non-hydrogen) atoms. The van der Waals surface area contributed by atoms with Gasteiger partial charge in [-0.1, -0.05) is 0 Å². The van der Waals surface area contributed by atoms with Crippen molar-refractivity contribution in [2.24, 2.45) is 11.5 Å². The van der Waals surface area contributed by atoms with E-state index in [-0.39, 0.29) is 0 Å². The van der Waals surface area contributed by atoms with E-state index < -0.39 is 432 Å². The van der Waals surface area contributed by atoms with Crippen LogP contribution in [0.3, 0.4) is 0 Å². The van der Waals surface area contributed by atoms with E-state index in [0.717, 1.165) is 0 Å². The Morgan fingerprint density at radius 2 is 0.689 bits per heavy atom. The zero-order chi connectivity index (χ0) is 97.8. The predicted octanol–water partition coefficient (Wildman–Crippen LogP) is -24.7. The van der Waals surface area contributed by atoms with Gasteiger partial charge in [-0.25, -0.2) is 13.9 Å². The molecule has 0 bridgehead atoms. The summed E-state index contributed by atoms with van der Waals surface area (Å²) in [7, 11) is -12.4. The second-order valence-electron chi connectivity index (χ2n) is 32.3. The zero-order valence-electron chi connectivity index (χ0n) is 68.6. The molecule has 0 aromatic heterocycles. The van der Waals surface area contributed by atoms with Crippen molar-refractivity contribution in [3.8, 4) is 0 Å². The van der Waals surface area contributed by atoms with Gasteiger partial charge in [-0.05, 0) is 0 Å². The number of carbonyl (C=O) groups is 1. The van der Waals surface area contributed by atoms with Crippen molar-refractivity contribution in [1.82, 2.24) is 0 Å². The van der Waals surface area contributed by atoms with Crippen molar-refractivity contribution in [3.63, 3.8) is 0 Å². The van der Waals surface area contributed by atoms with Crippen LogP contribution in [-0.4, -0.2) is 593 Å². The molecule has 10 aliphatic heterocycles. The highest BCUT2D eigenvalue weighted by molar-refractivity contribution is 7.61. The number of aliphatic carboxylic acids is 1. The Morgan fingerprint density at radius 3 is 1.18 bits per heavy atom. The summed E-state index contributed by atoms with van der Waals surface area (Å²) in [5, 5.41) is 379. The minimum atomic E-state index is -6.51. The minimum absolute atomic E-state index is 0.590. The van der Waals surface area contributed by atoms with Crippen LogP contribution in [0.1, 0.15) is 6.42 Å². The number of carboxylic acid groups (broad SMARTS) is 1. The van der Waals surface area contributed by atoms with E-state index in [4.69, 9.17) is 106 Å². The Morgan fingerprint density at radius 1 is 0.348 bits per heavy atom. The van der Waals surface area contributed by atoms with Gasteiger partial charge in [0.05, 0.1) is 84.8 Å². The molecule has 10 heterocycles. The topological polar surface area (TPSA) is 1030 Å². The van der Waals surface area contributed by atoms with E-state index >= 15 is 0 Å². The SMILES string of the molecule is NCCOP(=O)(O)OP(=O)(O)O[C@H]1[C@H](O[C@H]2O[C@H]([C@@H](O)CO[C@H]3O[C@H]([C@@H](O)CO[C@H]4O[C@H](CO)[C@@H](O)[C@H](O)[C@H]4N)[C@@H](O)[C@H](O)[C@@H]3O)[C@@H](O)[C@H](O[C@@H]3O[C@H](CO)[C@@H](O)[C@H](O[C@H]4O[C@H](CO)[C@@H](O)[C@H](O[C@@H]5O[C@H](CO)[C@@H](O)[C@H](O)[C@H]5O)[C@H]4O[C@H]4O[C@H](CO)[C@H](O)[C@H](O)[C@H]4O[C@H]4O[C@H](CO)[C@H](O)[C@H](O)[C@H]4O)[C@H]3O)[C@@H]2O)[C@H](O)[C@@H](O[C@H]2[C@@H]([C@H](O)CO)O[C@@](O)(C(=O)O)C[C@H]2O)O[C@@H]1[C@@H](O)CO. The van der Waals surface area contributed by atoms with Crippen LogP contribution in [0.25, 0.3) is 0 Å². The highest BCUT2D eigenvalue weighted by atomic mass is 31.3. The molecule has 10 saturated heterocycles. The quantitative estimate of drug-likeness (QED) is 0.0253. The number of hydrogen-bond donors (Lipinski definition) is 38. The first-order valence-corrected chi connectivity index (χ1v) is 43.8. The third-order valence-electron chi connectivity index (χ3n) is 23.3.